The van der Waals surface area contributed by atoms with Gasteiger partial charge in [-0.05, 0) is 48.6 Å². The number of amides is 3. The number of hydrogen-bond acceptors (Lipinski definition) is 5. The minimum Gasteiger partial charge on any atom is -0.467 e. The van der Waals surface area contributed by atoms with E-state index in [4.69, 9.17) is 4.42 Å². The van der Waals surface area contributed by atoms with Crippen molar-refractivity contribution in [3.63, 3.8) is 0 Å². The van der Waals surface area contributed by atoms with Crippen molar-refractivity contribution >= 4 is 34.7 Å². The summed E-state index contributed by atoms with van der Waals surface area (Å²) in [6, 6.07) is 14.9. The fourth-order valence-corrected chi connectivity index (χ4v) is 4.57. The molecule has 1 fully saturated rings. The number of nitrogens with zero attached hydrogens (tertiary/aromatic N) is 1. The first kappa shape index (κ1) is 21.8. The lowest BCUT2D eigenvalue weighted by Gasteiger charge is -2.31. The largest absolute Gasteiger partial charge is 0.467 e. The summed E-state index contributed by atoms with van der Waals surface area (Å²) in [7, 11) is 0. The Morgan fingerprint density at radius 1 is 1.03 bits per heavy atom. The zero-order valence-corrected chi connectivity index (χ0v) is 18.3. The van der Waals surface area contributed by atoms with E-state index in [2.05, 4.69) is 10.6 Å². The van der Waals surface area contributed by atoms with Crippen LogP contribution >= 0.6 is 11.3 Å². The predicted octanol–water partition coefficient (Wildman–Crippen LogP) is 3.90. The SMILES string of the molecule is O=C(NCC(=O)N(c1ccccc1)C(C(=O)NC1CCCC1)c1ccco1)c1cccs1. The molecule has 0 aliphatic heterocycles. The minimum atomic E-state index is -0.987. The van der Waals surface area contributed by atoms with Crippen LogP contribution in [0.1, 0.15) is 47.2 Å². The molecule has 1 aliphatic rings. The number of carbonyl (C=O) groups excluding carboxylic acids is 3. The molecule has 2 N–H and O–H groups in total. The Hall–Kier alpha value is -3.39. The minimum absolute atomic E-state index is 0.0891. The zero-order valence-electron chi connectivity index (χ0n) is 17.5. The quantitative estimate of drug-likeness (QED) is 0.543. The lowest BCUT2D eigenvalue weighted by molar-refractivity contribution is -0.127. The molecule has 2 heterocycles. The summed E-state index contributed by atoms with van der Waals surface area (Å²) >= 11 is 1.30. The van der Waals surface area contributed by atoms with Crippen molar-refractivity contribution in [2.24, 2.45) is 0 Å². The van der Waals surface area contributed by atoms with E-state index in [0.29, 0.717) is 16.3 Å². The van der Waals surface area contributed by atoms with Crippen molar-refractivity contribution in [2.75, 3.05) is 11.4 Å². The summed E-state index contributed by atoms with van der Waals surface area (Å²) in [6.45, 7) is -0.250. The number of rotatable bonds is 8. The zero-order chi connectivity index (χ0) is 22.3. The second-order valence-electron chi connectivity index (χ2n) is 7.67. The number of thiophene rings is 1. The van der Waals surface area contributed by atoms with Gasteiger partial charge >= 0.3 is 0 Å². The van der Waals surface area contributed by atoms with Crippen LogP contribution in [0.2, 0.25) is 0 Å². The third-order valence-corrected chi connectivity index (χ3v) is 6.34. The van der Waals surface area contributed by atoms with Crippen molar-refractivity contribution in [3.8, 4) is 0 Å². The number of carbonyl (C=O) groups is 3. The van der Waals surface area contributed by atoms with Gasteiger partial charge in [0.1, 0.15) is 5.76 Å². The smallest absolute Gasteiger partial charge is 0.261 e. The van der Waals surface area contributed by atoms with Gasteiger partial charge in [0.2, 0.25) is 5.91 Å². The summed E-state index contributed by atoms with van der Waals surface area (Å²) in [5, 5.41) is 7.55. The highest BCUT2D eigenvalue weighted by molar-refractivity contribution is 7.12. The van der Waals surface area contributed by atoms with E-state index in [1.165, 1.54) is 22.5 Å². The van der Waals surface area contributed by atoms with Gasteiger partial charge in [-0.25, -0.2) is 0 Å². The first-order valence-electron chi connectivity index (χ1n) is 10.7. The maximum atomic E-state index is 13.4. The average Bonchev–Trinajstić information content (AvgIpc) is 3.59. The fourth-order valence-electron chi connectivity index (χ4n) is 3.93. The summed E-state index contributed by atoms with van der Waals surface area (Å²) in [5.41, 5.74) is 0.547. The van der Waals surface area contributed by atoms with Gasteiger partial charge in [0.05, 0.1) is 17.7 Å². The van der Waals surface area contributed by atoms with E-state index in [0.717, 1.165) is 25.7 Å². The van der Waals surface area contributed by atoms with Crippen molar-refractivity contribution in [1.82, 2.24) is 10.6 Å². The van der Waals surface area contributed by atoms with E-state index in [9.17, 15) is 14.4 Å². The molecule has 3 aromatic rings. The van der Waals surface area contributed by atoms with Crippen molar-refractivity contribution < 1.29 is 18.8 Å². The molecule has 1 aromatic carbocycles. The van der Waals surface area contributed by atoms with Crippen LogP contribution in [0.3, 0.4) is 0 Å². The maximum absolute atomic E-state index is 13.4. The van der Waals surface area contributed by atoms with Crippen molar-refractivity contribution in [2.45, 2.75) is 37.8 Å². The predicted molar refractivity (Wildman–Crippen MR) is 122 cm³/mol. The lowest BCUT2D eigenvalue weighted by Crippen LogP contribution is -2.49. The third-order valence-electron chi connectivity index (χ3n) is 5.47. The standard InChI is InChI=1S/C24H25N3O4S/c28-21(16-25-23(29)20-13-7-15-32-20)27(18-10-2-1-3-11-18)22(19-12-6-14-31-19)24(30)26-17-8-4-5-9-17/h1-3,6-7,10-15,17,22H,4-5,8-9,16H2,(H,25,29)(H,26,30). The summed E-state index contributed by atoms with van der Waals surface area (Å²) < 4.78 is 5.58. The summed E-state index contributed by atoms with van der Waals surface area (Å²) in [5.74, 6) is -0.675. The second kappa shape index (κ2) is 10.3. The van der Waals surface area contributed by atoms with E-state index >= 15 is 0 Å². The first-order valence-corrected chi connectivity index (χ1v) is 11.5. The van der Waals surface area contributed by atoms with Crippen molar-refractivity contribution in [3.05, 3.63) is 76.9 Å². The molecule has 8 heteroatoms. The van der Waals surface area contributed by atoms with Gasteiger partial charge < -0.3 is 15.1 Å². The molecule has 4 rings (SSSR count). The maximum Gasteiger partial charge on any atom is 0.261 e. The van der Waals surface area contributed by atoms with Crippen LogP contribution in [0.5, 0.6) is 0 Å². The van der Waals surface area contributed by atoms with Crippen LogP contribution in [0, 0.1) is 0 Å². The normalized spacial score (nSPS) is 14.6. The third kappa shape index (κ3) is 5.08. The number of furan rings is 1. The van der Waals surface area contributed by atoms with Crippen molar-refractivity contribution in [1.29, 1.82) is 0 Å². The Labute approximate surface area is 190 Å². The average molecular weight is 452 g/mol. The molecule has 1 saturated carbocycles. The number of anilines is 1. The van der Waals surface area contributed by atoms with Crippen LogP contribution in [0.15, 0.2) is 70.7 Å². The van der Waals surface area contributed by atoms with Crippen LogP contribution in [-0.2, 0) is 9.59 Å². The lowest BCUT2D eigenvalue weighted by atomic mass is 10.1. The number of hydrogen-bond donors (Lipinski definition) is 2. The Bertz CT molecular complexity index is 1030. The Balaban J connectivity index is 1.61. The topological polar surface area (TPSA) is 91.7 Å². The summed E-state index contributed by atoms with van der Waals surface area (Å²) in [6.07, 6.45) is 5.48. The van der Waals surface area contributed by atoms with E-state index in [1.54, 1.807) is 53.9 Å². The van der Waals surface area contributed by atoms with Crippen LogP contribution in [-0.4, -0.2) is 30.3 Å². The second-order valence-corrected chi connectivity index (χ2v) is 8.61. The van der Waals surface area contributed by atoms with E-state index < -0.39 is 11.9 Å². The van der Waals surface area contributed by atoms with Gasteiger partial charge in [-0.2, -0.15) is 0 Å². The van der Waals surface area contributed by atoms with Gasteiger partial charge in [-0.1, -0.05) is 37.1 Å². The van der Waals surface area contributed by atoms with Crippen LogP contribution in [0.4, 0.5) is 5.69 Å². The molecular formula is C24H25N3O4S. The number of benzene rings is 1. The molecule has 1 aliphatic carbocycles. The highest BCUT2D eigenvalue weighted by atomic mass is 32.1. The Morgan fingerprint density at radius 2 is 1.81 bits per heavy atom. The monoisotopic (exact) mass is 451 g/mol. The highest BCUT2D eigenvalue weighted by Crippen LogP contribution is 2.29. The molecule has 0 radical (unpaired) electrons. The Kier molecular flexibility index (Phi) is 7.01. The van der Waals surface area contributed by atoms with Gasteiger partial charge in [-0.3, -0.25) is 19.3 Å². The molecule has 3 amide bonds. The first-order chi connectivity index (χ1) is 15.6. The molecule has 32 heavy (non-hydrogen) atoms. The number of nitrogens with one attached hydrogen (secondary N) is 2. The highest BCUT2D eigenvalue weighted by Gasteiger charge is 2.36. The number of para-hydroxylation sites is 1. The molecule has 0 saturated heterocycles. The van der Waals surface area contributed by atoms with E-state index in [1.807, 2.05) is 6.07 Å². The van der Waals surface area contributed by atoms with E-state index in [-0.39, 0.29) is 24.4 Å². The Morgan fingerprint density at radius 3 is 2.47 bits per heavy atom. The molecule has 1 unspecified atom stereocenters. The molecule has 1 atom stereocenters. The molecule has 2 aromatic heterocycles. The summed E-state index contributed by atoms with van der Waals surface area (Å²) in [4.78, 5) is 41.1. The molecule has 166 valence electrons. The van der Waals surface area contributed by atoms with Gasteiger partial charge in [0.25, 0.3) is 11.8 Å². The molecular weight excluding hydrogens is 426 g/mol. The fraction of sp³-hybridized carbons (Fsp3) is 0.292. The molecule has 0 bridgehead atoms. The van der Waals surface area contributed by atoms with Crippen LogP contribution < -0.4 is 15.5 Å². The van der Waals surface area contributed by atoms with Gasteiger partial charge in [0.15, 0.2) is 6.04 Å². The van der Waals surface area contributed by atoms with Gasteiger partial charge in [-0.15, -0.1) is 11.3 Å². The molecule has 7 nitrogen and oxygen atoms in total. The van der Waals surface area contributed by atoms with Gasteiger partial charge in [0, 0.05) is 11.7 Å². The van der Waals surface area contributed by atoms with Crippen LogP contribution in [0.25, 0.3) is 0 Å². The molecule has 0 spiro atoms.